The van der Waals surface area contributed by atoms with Gasteiger partial charge in [0, 0.05) is 11.3 Å². The molecule has 2 aliphatic heterocycles. The molecule has 0 fully saturated rings. The molecule has 1 atom stereocenters. The van der Waals surface area contributed by atoms with E-state index in [0.29, 0.717) is 23.2 Å². The van der Waals surface area contributed by atoms with Crippen LogP contribution in [0.4, 0.5) is 22.9 Å². The Kier molecular flexibility index (Phi) is 6.23. The molecule has 8 heteroatoms. The molecule has 0 saturated carbocycles. The fraction of sp³-hybridized carbons (Fsp3) is 0.147. The van der Waals surface area contributed by atoms with Crippen LogP contribution in [0, 0.1) is 13.8 Å². The molecule has 0 amide bonds. The van der Waals surface area contributed by atoms with Gasteiger partial charge in [-0.1, -0.05) is 48.5 Å². The number of nitrogens with zero attached hydrogens (tertiary/aromatic N) is 5. The van der Waals surface area contributed by atoms with Gasteiger partial charge in [0.25, 0.3) is 0 Å². The van der Waals surface area contributed by atoms with Gasteiger partial charge in [0.1, 0.15) is 0 Å². The molecule has 0 bridgehead atoms. The van der Waals surface area contributed by atoms with Crippen molar-refractivity contribution in [1.82, 2.24) is 9.78 Å². The van der Waals surface area contributed by atoms with Crippen LogP contribution in [0.1, 0.15) is 28.4 Å². The number of benzene rings is 4. The molecule has 1 aromatic heterocycles. The predicted octanol–water partition coefficient (Wildman–Crippen LogP) is 7.30. The van der Waals surface area contributed by atoms with Crippen LogP contribution in [-0.2, 0) is 0 Å². The van der Waals surface area contributed by atoms with E-state index in [2.05, 4.69) is 41.4 Å². The van der Waals surface area contributed by atoms with Crippen LogP contribution in [0.3, 0.4) is 0 Å². The highest BCUT2D eigenvalue weighted by atomic mass is 16.5. The first kappa shape index (κ1) is 25.6. The molecule has 0 aliphatic carbocycles. The van der Waals surface area contributed by atoms with Crippen LogP contribution in [-0.4, -0.2) is 35.7 Å². The minimum absolute atomic E-state index is 0.268. The van der Waals surface area contributed by atoms with Crippen molar-refractivity contribution >= 4 is 34.6 Å². The normalized spacial score (nSPS) is 15.1. The van der Waals surface area contributed by atoms with E-state index in [4.69, 9.17) is 24.6 Å². The van der Waals surface area contributed by atoms with Crippen LogP contribution in [0.5, 0.6) is 11.5 Å². The second-order valence-electron chi connectivity index (χ2n) is 10.3. The zero-order valence-electron chi connectivity index (χ0n) is 23.9. The number of fused-ring (bicyclic) bond motifs is 4. The maximum atomic E-state index is 5.75. The molecule has 3 heterocycles. The van der Waals surface area contributed by atoms with Gasteiger partial charge in [0.05, 0.1) is 43.0 Å². The maximum absolute atomic E-state index is 5.75. The number of para-hydroxylation sites is 3. The van der Waals surface area contributed by atoms with Crippen LogP contribution >= 0.6 is 0 Å². The summed E-state index contributed by atoms with van der Waals surface area (Å²) in [5, 5.41) is 8.59. The summed E-state index contributed by atoms with van der Waals surface area (Å²) in [6.07, 6.45) is 0. The van der Waals surface area contributed by atoms with Crippen molar-refractivity contribution in [1.29, 1.82) is 0 Å². The fourth-order valence-corrected chi connectivity index (χ4v) is 5.74. The van der Waals surface area contributed by atoms with Crippen LogP contribution in [0.15, 0.2) is 107 Å². The number of aromatic nitrogens is 2. The van der Waals surface area contributed by atoms with E-state index in [-0.39, 0.29) is 6.04 Å². The summed E-state index contributed by atoms with van der Waals surface area (Å²) in [6, 6.07) is 32.3. The van der Waals surface area contributed by atoms with Gasteiger partial charge in [-0.2, -0.15) is 5.10 Å². The summed E-state index contributed by atoms with van der Waals surface area (Å²) in [6.45, 7) is 4.12. The SMILES string of the molecule is COc1ccc([C@@H]2c3c(C)nn(-c4ccccc4)c3N=C3C(Nc4cccc(C)c4)=Nc4ccccc4N32)cc1OC. The lowest BCUT2D eigenvalue weighted by Gasteiger charge is -2.40. The van der Waals surface area contributed by atoms with E-state index in [0.717, 1.165) is 51.0 Å². The molecule has 1 N–H and O–H groups in total. The average Bonchev–Trinajstić information content (AvgIpc) is 3.36. The van der Waals surface area contributed by atoms with Crippen molar-refractivity contribution in [2.75, 3.05) is 24.4 Å². The highest BCUT2D eigenvalue weighted by molar-refractivity contribution is 6.51. The summed E-state index contributed by atoms with van der Waals surface area (Å²) in [5.41, 5.74) is 7.78. The standard InChI is InChI=1S/C34H30N6O2/c1-21-11-10-12-24(19-21)35-32-34-37-33-30(22(2)38-40(33)25-13-6-5-7-14-25)31(23-17-18-28(41-3)29(20-23)42-4)39(34)27-16-9-8-15-26(27)36-32/h5-20,31H,1-4H3,(H,35,36)/t31-/m1/s1. The molecule has 2 aliphatic rings. The van der Waals surface area contributed by atoms with Crippen molar-refractivity contribution in [2.45, 2.75) is 19.9 Å². The van der Waals surface area contributed by atoms with Crippen LogP contribution < -0.4 is 19.7 Å². The largest absolute Gasteiger partial charge is 0.493 e. The number of methoxy groups -OCH3 is 2. The number of ether oxygens (including phenoxy) is 2. The zero-order chi connectivity index (χ0) is 28.8. The predicted molar refractivity (Wildman–Crippen MR) is 168 cm³/mol. The third-order valence-electron chi connectivity index (χ3n) is 7.64. The summed E-state index contributed by atoms with van der Waals surface area (Å²) < 4.78 is 13.3. The van der Waals surface area contributed by atoms with Gasteiger partial charge in [-0.3, -0.25) is 0 Å². The van der Waals surface area contributed by atoms with Crippen molar-refractivity contribution in [3.8, 4) is 17.2 Å². The molecule has 8 nitrogen and oxygen atoms in total. The Bertz CT molecular complexity index is 1870. The lowest BCUT2D eigenvalue weighted by Crippen LogP contribution is -2.46. The molecular formula is C34H30N6O2. The van der Waals surface area contributed by atoms with Gasteiger partial charge in [-0.05, 0) is 73.5 Å². The Labute approximate surface area is 244 Å². The Morgan fingerprint density at radius 3 is 2.33 bits per heavy atom. The number of anilines is 2. The van der Waals surface area contributed by atoms with Gasteiger partial charge in [-0.15, -0.1) is 0 Å². The van der Waals surface area contributed by atoms with Gasteiger partial charge in [0.15, 0.2) is 29.0 Å². The second kappa shape index (κ2) is 10.2. The molecule has 5 aromatic rings. The highest BCUT2D eigenvalue weighted by Crippen LogP contribution is 2.49. The van der Waals surface area contributed by atoms with E-state index in [1.807, 2.05) is 84.4 Å². The lowest BCUT2D eigenvalue weighted by molar-refractivity contribution is 0.354. The zero-order valence-corrected chi connectivity index (χ0v) is 23.9. The highest BCUT2D eigenvalue weighted by Gasteiger charge is 2.41. The Hall–Kier alpha value is -5.37. The van der Waals surface area contributed by atoms with Crippen LogP contribution in [0.25, 0.3) is 5.69 Å². The molecule has 0 unspecified atom stereocenters. The second-order valence-corrected chi connectivity index (χ2v) is 10.3. The van der Waals surface area contributed by atoms with E-state index in [1.54, 1.807) is 14.2 Å². The summed E-state index contributed by atoms with van der Waals surface area (Å²) in [7, 11) is 3.31. The minimum Gasteiger partial charge on any atom is -0.493 e. The summed E-state index contributed by atoms with van der Waals surface area (Å²) in [4.78, 5) is 12.7. The lowest BCUT2D eigenvalue weighted by atomic mass is 9.93. The van der Waals surface area contributed by atoms with Crippen LogP contribution in [0.2, 0.25) is 0 Å². The van der Waals surface area contributed by atoms with Crippen molar-refractivity contribution < 1.29 is 9.47 Å². The Balaban J connectivity index is 1.50. The third-order valence-corrected chi connectivity index (χ3v) is 7.64. The average molecular weight is 555 g/mol. The van der Waals surface area contributed by atoms with Crippen molar-refractivity contribution in [3.05, 3.63) is 119 Å². The van der Waals surface area contributed by atoms with Gasteiger partial charge < -0.3 is 19.7 Å². The van der Waals surface area contributed by atoms with Gasteiger partial charge >= 0.3 is 0 Å². The fourth-order valence-electron chi connectivity index (χ4n) is 5.74. The number of nitrogens with one attached hydrogen (secondary N) is 1. The topological polar surface area (TPSA) is 76.3 Å². The van der Waals surface area contributed by atoms with E-state index in [9.17, 15) is 0 Å². The molecule has 4 aromatic carbocycles. The molecule has 0 spiro atoms. The molecule has 0 saturated heterocycles. The number of amidine groups is 2. The van der Waals surface area contributed by atoms with Crippen molar-refractivity contribution in [2.24, 2.45) is 9.98 Å². The molecule has 42 heavy (non-hydrogen) atoms. The first-order valence-corrected chi connectivity index (χ1v) is 13.8. The number of rotatable bonds is 5. The quantitative estimate of drug-likeness (QED) is 0.247. The minimum atomic E-state index is -0.268. The number of aryl methyl sites for hydroxylation is 2. The maximum Gasteiger partial charge on any atom is 0.179 e. The first-order valence-electron chi connectivity index (χ1n) is 13.8. The van der Waals surface area contributed by atoms with Crippen molar-refractivity contribution in [3.63, 3.8) is 0 Å². The van der Waals surface area contributed by atoms with E-state index < -0.39 is 0 Å². The molecular weight excluding hydrogens is 524 g/mol. The van der Waals surface area contributed by atoms with E-state index in [1.165, 1.54) is 0 Å². The summed E-state index contributed by atoms with van der Waals surface area (Å²) >= 11 is 0. The van der Waals surface area contributed by atoms with Gasteiger partial charge in [-0.25, -0.2) is 14.7 Å². The number of aliphatic imine (C=N–C) groups is 2. The smallest absolute Gasteiger partial charge is 0.179 e. The molecule has 208 valence electrons. The third kappa shape index (κ3) is 4.19. The number of hydrogen-bond donors (Lipinski definition) is 1. The van der Waals surface area contributed by atoms with E-state index >= 15 is 0 Å². The number of hydrogen-bond acceptors (Lipinski definition) is 7. The van der Waals surface area contributed by atoms with Gasteiger partial charge in [0.2, 0.25) is 0 Å². The Morgan fingerprint density at radius 2 is 1.55 bits per heavy atom. The summed E-state index contributed by atoms with van der Waals surface area (Å²) in [5.74, 6) is 3.47. The Morgan fingerprint density at radius 1 is 0.762 bits per heavy atom. The molecule has 0 radical (unpaired) electrons. The molecule has 7 rings (SSSR count). The first-order chi connectivity index (χ1) is 20.6. The monoisotopic (exact) mass is 554 g/mol.